The molecule has 10 heteroatoms. The molecule has 0 saturated carbocycles. The second kappa shape index (κ2) is 9.71. The molecule has 34 heavy (non-hydrogen) atoms. The van der Waals surface area contributed by atoms with E-state index in [0.29, 0.717) is 30.0 Å². The third kappa shape index (κ3) is 4.65. The zero-order chi connectivity index (χ0) is 24.5. The van der Waals surface area contributed by atoms with Crippen molar-refractivity contribution in [3.8, 4) is 0 Å². The summed E-state index contributed by atoms with van der Waals surface area (Å²) in [6.07, 6.45) is 2.57. The van der Waals surface area contributed by atoms with Gasteiger partial charge in [0.15, 0.2) is 0 Å². The van der Waals surface area contributed by atoms with Crippen molar-refractivity contribution in [2.75, 3.05) is 37.4 Å². The number of aryl methyl sites for hydroxylation is 2. The van der Waals surface area contributed by atoms with Gasteiger partial charge in [0.25, 0.3) is 0 Å². The van der Waals surface area contributed by atoms with E-state index in [1.54, 1.807) is 24.3 Å². The zero-order valence-electron chi connectivity index (χ0n) is 19.7. The lowest BCUT2D eigenvalue weighted by molar-refractivity contribution is -0.116. The van der Waals surface area contributed by atoms with E-state index in [-0.39, 0.29) is 22.9 Å². The van der Waals surface area contributed by atoms with E-state index >= 15 is 0 Å². The third-order valence-corrected chi connectivity index (χ3v) is 7.98. The molecular weight excluding hydrogens is 457 g/mol. The second-order valence-electron chi connectivity index (χ2n) is 8.59. The van der Waals surface area contributed by atoms with Crippen LogP contribution in [0, 0.1) is 5.82 Å². The summed E-state index contributed by atoms with van der Waals surface area (Å²) in [5.41, 5.74) is 2.30. The maximum Gasteiger partial charge on any atom is 0.242 e. The van der Waals surface area contributed by atoms with Crippen molar-refractivity contribution in [2.24, 2.45) is 0 Å². The highest BCUT2D eigenvalue weighted by Gasteiger charge is 2.21. The van der Waals surface area contributed by atoms with Gasteiger partial charge in [-0.15, -0.1) is 0 Å². The molecule has 1 saturated heterocycles. The number of rotatable bonds is 8. The number of para-hydroxylation sites is 1. The molecular formula is C24H30FN5O3S. The molecule has 0 aliphatic carbocycles. The maximum absolute atomic E-state index is 14.6. The summed E-state index contributed by atoms with van der Waals surface area (Å²) in [7, 11) is -0.604. The number of nitrogens with one attached hydrogen (secondary N) is 1. The number of hydrogen-bond donors (Lipinski definition) is 1. The largest absolute Gasteiger partial charge is 0.370 e. The van der Waals surface area contributed by atoms with E-state index < -0.39 is 15.8 Å². The molecule has 0 spiro atoms. The van der Waals surface area contributed by atoms with E-state index in [1.807, 2.05) is 17.6 Å². The Hall–Kier alpha value is -2.98. The van der Waals surface area contributed by atoms with Gasteiger partial charge >= 0.3 is 0 Å². The minimum absolute atomic E-state index is 0.125. The second-order valence-corrected chi connectivity index (χ2v) is 10.7. The highest BCUT2D eigenvalue weighted by Crippen LogP contribution is 2.31. The van der Waals surface area contributed by atoms with Gasteiger partial charge in [-0.2, -0.15) is 0 Å². The fourth-order valence-electron chi connectivity index (χ4n) is 4.36. The first-order valence-corrected chi connectivity index (χ1v) is 12.9. The number of anilines is 2. The standard InChI is InChI=1S/C24H30FN5O3S/c1-4-30-20-11-10-17(34(32,33)28(2)3)16-19(20)26-22(30)12-13-23(31)27-24-18(25)8-7-9-21(24)29-14-5-6-15-29/h7-11,16H,4-6,12-15H2,1-3H3,(H,27,31). The zero-order valence-corrected chi connectivity index (χ0v) is 20.5. The molecule has 8 nitrogen and oxygen atoms in total. The number of nitrogens with zero attached hydrogens (tertiary/aromatic N) is 4. The number of fused-ring (bicyclic) bond motifs is 1. The summed E-state index contributed by atoms with van der Waals surface area (Å²) in [4.78, 5) is 19.6. The van der Waals surface area contributed by atoms with E-state index in [2.05, 4.69) is 15.2 Å². The highest BCUT2D eigenvalue weighted by molar-refractivity contribution is 7.89. The fraction of sp³-hybridized carbons (Fsp3) is 0.417. The van der Waals surface area contributed by atoms with E-state index in [1.165, 1.54) is 20.2 Å². The van der Waals surface area contributed by atoms with Crippen LogP contribution >= 0.6 is 0 Å². The predicted molar refractivity (Wildman–Crippen MR) is 131 cm³/mol. The molecule has 2 heterocycles. The number of amides is 1. The van der Waals surface area contributed by atoms with Crippen LogP contribution < -0.4 is 10.2 Å². The molecule has 3 aromatic rings. The molecule has 0 atom stereocenters. The molecule has 1 aliphatic rings. The Kier molecular flexibility index (Phi) is 6.90. The van der Waals surface area contributed by atoms with Crippen molar-refractivity contribution in [1.29, 1.82) is 0 Å². The number of benzene rings is 2. The molecule has 1 N–H and O–H groups in total. The molecule has 1 fully saturated rings. The number of aromatic nitrogens is 2. The Morgan fingerprint density at radius 2 is 1.91 bits per heavy atom. The lowest BCUT2D eigenvalue weighted by Crippen LogP contribution is -2.22. The normalized spacial score (nSPS) is 14.3. The Balaban J connectivity index is 1.53. The number of halogens is 1. The molecule has 1 aliphatic heterocycles. The lowest BCUT2D eigenvalue weighted by atomic mass is 10.2. The first-order chi connectivity index (χ1) is 16.2. The SMILES string of the molecule is CCn1c(CCC(=O)Nc2c(F)cccc2N2CCCC2)nc2cc(S(=O)(=O)N(C)C)ccc21. The van der Waals surface area contributed by atoms with Crippen LogP contribution in [-0.2, 0) is 27.8 Å². The monoisotopic (exact) mass is 487 g/mol. The van der Waals surface area contributed by atoms with E-state index in [4.69, 9.17) is 0 Å². The Bertz CT molecular complexity index is 1310. The number of hydrogen-bond acceptors (Lipinski definition) is 5. The Labute approximate surface area is 199 Å². The van der Waals surface area contributed by atoms with Gasteiger partial charge in [-0.25, -0.2) is 22.1 Å². The van der Waals surface area contributed by atoms with Gasteiger partial charge in [0.05, 0.1) is 21.6 Å². The van der Waals surface area contributed by atoms with Gasteiger partial charge in [0, 0.05) is 46.6 Å². The molecule has 0 unspecified atom stereocenters. The van der Waals surface area contributed by atoms with Gasteiger partial charge in [0.1, 0.15) is 17.3 Å². The molecule has 2 aromatic carbocycles. The van der Waals surface area contributed by atoms with Crippen LogP contribution in [-0.4, -0.2) is 55.4 Å². The van der Waals surface area contributed by atoms with Crippen molar-refractivity contribution in [3.63, 3.8) is 0 Å². The first-order valence-electron chi connectivity index (χ1n) is 11.5. The Morgan fingerprint density at radius 3 is 2.59 bits per heavy atom. The van der Waals surface area contributed by atoms with Gasteiger partial charge < -0.3 is 14.8 Å². The summed E-state index contributed by atoms with van der Waals surface area (Å²) in [5.74, 6) is -0.0651. The van der Waals surface area contributed by atoms with Crippen LogP contribution in [0.4, 0.5) is 15.8 Å². The minimum atomic E-state index is -3.57. The smallest absolute Gasteiger partial charge is 0.242 e. The van der Waals surface area contributed by atoms with E-state index in [9.17, 15) is 17.6 Å². The van der Waals surface area contributed by atoms with Crippen LogP contribution in [0.5, 0.6) is 0 Å². The lowest BCUT2D eigenvalue weighted by Gasteiger charge is -2.22. The van der Waals surface area contributed by atoms with Crippen molar-refractivity contribution in [3.05, 3.63) is 48.0 Å². The van der Waals surface area contributed by atoms with Crippen LogP contribution in [0.25, 0.3) is 11.0 Å². The molecule has 0 bridgehead atoms. The average Bonchev–Trinajstić information content (AvgIpc) is 3.46. The number of carbonyl (C=O) groups excluding carboxylic acids is 1. The first kappa shape index (κ1) is 24.2. The van der Waals surface area contributed by atoms with Crippen molar-refractivity contribution in [2.45, 2.75) is 44.0 Å². The van der Waals surface area contributed by atoms with Crippen LogP contribution in [0.1, 0.15) is 32.0 Å². The summed E-state index contributed by atoms with van der Waals surface area (Å²) in [6.45, 7) is 4.28. The van der Waals surface area contributed by atoms with Crippen molar-refractivity contribution in [1.82, 2.24) is 13.9 Å². The van der Waals surface area contributed by atoms with Crippen LogP contribution in [0.2, 0.25) is 0 Å². The summed E-state index contributed by atoms with van der Waals surface area (Å²) in [5, 5.41) is 2.76. The van der Waals surface area contributed by atoms with Crippen LogP contribution in [0.3, 0.4) is 0 Å². The van der Waals surface area contributed by atoms with E-state index in [0.717, 1.165) is 35.8 Å². The number of imidazole rings is 1. The van der Waals surface area contributed by atoms with Gasteiger partial charge in [0.2, 0.25) is 15.9 Å². The highest BCUT2D eigenvalue weighted by atomic mass is 32.2. The Morgan fingerprint density at radius 1 is 1.18 bits per heavy atom. The summed E-state index contributed by atoms with van der Waals surface area (Å²) in [6, 6.07) is 9.72. The number of carbonyl (C=O) groups is 1. The molecule has 4 rings (SSSR count). The molecule has 1 amide bonds. The fourth-order valence-corrected chi connectivity index (χ4v) is 5.28. The molecule has 1 aromatic heterocycles. The summed E-state index contributed by atoms with van der Waals surface area (Å²) >= 11 is 0. The average molecular weight is 488 g/mol. The third-order valence-electron chi connectivity index (χ3n) is 6.17. The molecule has 182 valence electrons. The van der Waals surface area contributed by atoms with Gasteiger partial charge in [-0.1, -0.05) is 6.07 Å². The topological polar surface area (TPSA) is 87.5 Å². The molecule has 0 radical (unpaired) electrons. The van der Waals surface area contributed by atoms with Crippen molar-refractivity contribution < 1.29 is 17.6 Å². The maximum atomic E-state index is 14.6. The van der Waals surface area contributed by atoms with Gasteiger partial charge in [-0.3, -0.25) is 4.79 Å². The van der Waals surface area contributed by atoms with Crippen molar-refractivity contribution >= 4 is 38.3 Å². The summed E-state index contributed by atoms with van der Waals surface area (Å²) < 4.78 is 42.7. The van der Waals surface area contributed by atoms with Crippen LogP contribution in [0.15, 0.2) is 41.3 Å². The predicted octanol–water partition coefficient (Wildman–Crippen LogP) is 3.62. The van der Waals surface area contributed by atoms with Gasteiger partial charge in [-0.05, 0) is 50.1 Å². The minimum Gasteiger partial charge on any atom is -0.370 e. The number of sulfonamides is 1. The quantitative estimate of drug-likeness (QED) is 0.524.